The molecule has 2 heterocycles. The van der Waals surface area contributed by atoms with Crippen LogP contribution >= 0.6 is 0 Å². The van der Waals surface area contributed by atoms with Gasteiger partial charge in [-0.2, -0.15) is 0 Å². The zero-order valence-corrected chi connectivity index (χ0v) is 8.41. The lowest BCUT2D eigenvalue weighted by Crippen LogP contribution is -2.45. The van der Waals surface area contributed by atoms with Gasteiger partial charge >= 0.3 is 5.97 Å². The van der Waals surface area contributed by atoms with E-state index in [1.165, 1.54) is 12.8 Å². The Bertz CT molecular complexity index is 220. The van der Waals surface area contributed by atoms with Crippen molar-refractivity contribution in [1.29, 1.82) is 0 Å². The highest BCUT2D eigenvalue weighted by Crippen LogP contribution is 2.26. The molecule has 2 fully saturated rings. The number of piperidine rings is 1. The number of fused-ring (bicyclic) bond motifs is 1. The molecule has 2 saturated heterocycles. The monoisotopic (exact) mass is 198 g/mol. The van der Waals surface area contributed by atoms with Crippen LogP contribution in [-0.4, -0.2) is 48.2 Å². The molecule has 4 heteroatoms. The van der Waals surface area contributed by atoms with Crippen LogP contribution in [-0.2, 0) is 4.79 Å². The van der Waals surface area contributed by atoms with Crippen molar-refractivity contribution in [3.63, 3.8) is 0 Å². The number of nitrogens with one attached hydrogen (secondary N) is 1. The summed E-state index contributed by atoms with van der Waals surface area (Å²) < 4.78 is 0. The van der Waals surface area contributed by atoms with E-state index in [-0.39, 0.29) is 6.42 Å². The largest absolute Gasteiger partial charge is 0.481 e. The van der Waals surface area contributed by atoms with Crippen LogP contribution in [0.25, 0.3) is 0 Å². The zero-order valence-electron chi connectivity index (χ0n) is 8.41. The smallest absolute Gasteiger partial charge is 0.304 e. The Kier molecular flexibility index (Phi) is 3.03. The molecule has 0 amide bonds. The molecule has 2 aliphatic rings. The van der Waals surface area contributed by atoms with Crippen LogP contribution in [0.15, 0.2) is 0 Å². The summed E-state index contributed by atoms with van der Waals surface area (Å²) in [6.07, 6.45) is 2.81. The van der Waals surface area contributed by atoms with E-state index in [2.05, 4.69) is 10.2 Å². The first kappa shape index (κ1) is 9.93. The molecular weight excluding hydrogens is 180 g/mol. The minimum absolute atomic E-state index is 0.281. The second-order valence-corrected chi connectivity index (χ2v) is 4.31. The van der Waals surface area contributed by atoms with Gasteiger partial charge in [-0.1, -0.05) is 0 Å². The fourth-order valence-electron chi connectivity index (χ4n) is 2.68. The van der Waals surface area contributed by atoms with Crippen molar-refractivity contribution in [2.75, 3.05) is 26.2 Å². The quantitative estimate of drug-likeness (QED) is 0.677. The number of rotatable bonds is 3. The standard InChI is InChI=1S/C10H18N2O2/c13-10(14)3-5-12-4-1-2-8-6-11-7-9(8)12/h8-9,11H,1-7H2,(H,13,14)/t8-,9+/m1/s1. The maximum absolute atomic E-state index is 10.5. The van der Waals surface area contributed by atoms with E-state index in [1.54, 1.807) is 0 Å². The van der Waals surface area contributed by atoms with E-state index in [1.807, 2.05) is 0 Å². The molecular formula is C10H18N2O2. The minimum atomic E-state index is -0.682. The second kappa shape index (κ2) is 4.28. The molecule has 2 atom stereocenters. The maximum atomic E-state index is 10.5. The van der Waals surface area contributed by atoms with Crippen molar-refractivity contribution in [3.05, 3.63) is 0 Å². The lowest BCUT2D eigenvalue weighted by Gasteiger charge is -2.36. The summed E-state index contributed by atoms with van der Waals surface area (Å²) in [5.74, 6) is 0.0793. The average molecular weight is 198 g/mol. The van der Waals surface area contributed by atoms with Crippen LogP contribution in [0.4, 0.5) is 0 Å². The normalized spacial score (nSPS) is 32.9. The molecule has 0 unspecified atom stereocenters. The predicted molar refractivity (Wildman–Crippen MR) is 53.2 cm³/mol. The van der Waals surface area contributed by atoms with Crippen LogP contribution in [0, 0.1) is 5.92 Å². The second-order valence-electron chi connectivity index (χ2n) is 4.31. The van der Waals surface area contributed by atoms with Crippen LogP contribution < -0.4 is 5.32 Å². The fraction of sp³-hybridized carbons (Fsp3) is 0.900. The summed E-state index contributed by atoms with van der Waals surface area (Å²) in [5, 5.41) is 12.0. The van der Waals surface area contributed by atoms with E-state index in [4.69, 9.17) is 5.11 Å². The molecule has 4 nitrogen and oxygen atoms in total. The molecule has 0 saturated carbocycles. The lowest BCUT2D eigenvalue weighted by molar-refractivity contribution is -0.137. The predicted octanol–water partition coefficient (Wildman–Crippen LogP) is 0.145. The van der Waals surface area contributed by atoms with E-state index >= 15 is 0 Å². The number of hydrogen-bond acceptors (Lipinski definition) is 3. The van der Waals surface area contributed by atoms with Gasteiger partial charge in [-0.3, -0.25) is 9.69 Å². The van der Waals surface area contributed by atoms with Crippen molar-refractivity contribution < 1.29 is 9.90 Å². The number of likely N-dealkylation sites (tertiary alicyclic amines) is 1. The van der Waals surface area contributed by atoms with Crippen LogP contribution in [0.2, 0.25) is 0 Å². The molecule has 2 aliphatic heterocycles. The van der Waals surface area contributed by atoms with Crippen LogP contribution in [0.5, 0.6) is 0 Å². The first-order chi connectivity index (χ1) is 6.77. The highest BCUT2D eigenvalue weighted by atomic mass is 16.4. The van der Waals surface area contributed by atoms with Gasteiger partial charge in [-0.05, 0) is 31.8 Å². The number of nitrogens with zero attached hydrogens (tertiary/aromatic N) is 1. The Morgan fingerprint density at radius 1 is 1.50 bits per heavy atom. The molecule has 0 aromatic heterocycles. The summed E-state index contributed by atoms with van der Waals surface area (Å²) in [5.41, 5.74) is 0. The van der Waals surface area contributed by atoms with Gasteiger partial charge in [0.1, 0.15) is 0 Å². The van der Waals surface area contributed by atoms with Crippen molar-refractivity contribution in [1.82, 2.24) is 10.2 Å². The summed E-state index contributed by atoms with van der Waals surface area (Å²) >= 11 is 0. The first-order valence-corrected chi connectivity index (χ1v) is 5.44. The Labute approximate surface area is 84.3 Å². The Morgan fingerprint density at radius 3 is 3.14 bits per heavy atom. The maximum Gasteiger partial charge on any atom is 0.304 e. The highest BCUT2D eigenvalue weighted by molar-refractivity contribution is 5.66. The Hall–Kier alpha value is -0.610. The minimum Gasteiger partial charge on any atom is -0.481 e. The van der Waals surface area contributed by atoms with E-state index in [0.717, 1.165) is 32.1 Å². The zero-order chi connectivity index (χ0) is 9.97. The van der Waals surface area contributed by atoms with E-state index in [0.29, 0.717) is 6.04 Å². The summed E-state index contributed by atoms with van der Waals surface area (Å²) in [6, 6.07) is 0.600. The van der Waals surface area contributed by atoms with Gasteiger partial charge in [0, 0.05) is 19.1 Å². The SMILES string of the molecule is O=C(O)CCN1CCC[C@@H]2CNC[C@@H]21. The molecule has 0 aromatic rings. The molecule has 0 radical (unpaired) electrons. The topological polar surface area (TPSA) is 52.6 Å². The molecule has 14 heavy (non-hydrogen) atoms. The number of carboxylic acid groups (broad SMARTS) is 1. The summed E-state index contributed by atoms with van der Waals surface area (Å²) in [4.78, 5) is 12.8. The molecule has 0 spiro atoms. The molecule has 80 valence electrons. The number of carboxylic acids is 1. The molecule has 0 bridgehead atoms. The lowest BCUT2D eigenvalue weighted by atomic mass is 9.92. The van der Waals surface area contributed by atoms with Crippen molar-refractivity contribution in [2.45, 2.75) is 25.3 Å². The third kappa shape index (κ3) is 2.07. The van der Waals surface area contributed by atoms with Gasteiger partial charge in [0.2, 0.25) is 0 Å². The van der Waals surface area contributed by atoms with Gasteiger partial charge in [0.15, 0.2) is 0 Å². The highest BCUT2D eigenvalue weighted by Gasteiger charge is 2.34. The molecule has 0 aromatic carbocycles. The molecule has 2 rings (SSSR count). The van der Waals surface area contributed by atoms with E-state index in [9.17, 15) is 4.79 Å². The summed E-state index contributed by atoms with van der Waals surface area (Å²) in [7, 11) is 0. The third-order valence-electron chi connectivity index (χ3n) is 3.41. The average Bonchev–Trinajstić information content (AvgIpc) is 2.62. The number of hydrogen-bond donors (Lipinski definition) is 2. The van der Waals surface area contributed by atoms with Crippen molar-refractivity contribution in [3.8, 4) is 0 Å². The van der Waals surface area contributed by atoms with Crippen molar-refractivity contribution in [2.24, 2.45) is 5.92 Å². The van der Waals surface area contributed by atoms with Gasteiger partial charge < -0.3 is 10.4 Å². The van der Waals surface area contributed by atoms with Gasteiger partial charge in [-0.15, -0.1) is 0 Å². The number of aliphatic carboxylic acids is 1. The molecule has 2 N–H and O–H groups in total. The van der Waals surface area contributed by atoms with Crippen LogP contribution in [0.3, 0.4) is 0 Å². The van der Waals surface area contributed by atoms with Gasteiger partial charge in [0.25, 0.3) is 0 Å². The van der Waals surface area contributed by atoms with E-state index < -0.39 is 5.97 Å². The summed E-state index contributed by atoms with van der Waals surface area (Å²) in [6.45, 7) is 3.97. The van der Waals surface area contributed by atoms with Gasteiger partial charge in [-0.25, -0.2) is 0 Å². The van der Waals surface area contributed by atoms with Gasteiger partial charge in [0.05, 0.1) is 6.42 Å². The fourth-order valence-corrected chi connectivity index (χ4v) is 2.68. The Morgan fingerprint density at radius 2 is 2.36 bits per heavy atom. The number of carbonyl (C=O) groups is 1. The van der Waals surface area contributed by atoms with Crippen molar-refractivity contribution >= 4 is 5.97 Å². The Balaban J connectivity index is 1.87. The first-order valence-electron chi connectivity index (χ1n) is 5.44. The third-order valence-corrected chi connectivity index (χ3v) is 3.41. The van der Waals surface area contributed by atoms with Crippen LogP contribution in [0.1, 0.15) is 19.3 Å². The molecule has 0 aliphatic carbocycles.